The van der Waals surface area contributed by atoms with E-state index in [2.05, 4.69) is 11.7 Å². The van der Waals surface area contributed by atoms with Crippen molar-refractivity contribution in [3.63, 3.8) is 0 Å². The van der Waals surface area contributed by atoms with Crippen molar-refractivity contribution in [1.29, 1.82) is 0 Å². The van der Waals surface area contributed by atoms with Crippen molar-refractivity contribution < 1.29 is 23.8 Å². The maximum absolute atomic E-state index is 12.2. The highest BCUT2D eigenvalue weighted by molar-refractivity contribution is 5.89. The fourth-order valence-corrected chi connectivity index (χ4v) is 2.19. The van der Waals surface area contributed by atoms with Crippen molar-refractivity contribution in [2.45, 2.75) is 59.0 Å². The summed E-state index contributed by atoms with van der Waals surface area (Å²) in [6.07, 6.45) is 3.45. The minimum Gasteiger partial charge on any atom is -0.459 e. The first-order chi connectivity index (χ1) is 11.6. The van der Waals surface area contributed by atoms with Crippen LogP contribution in [0.15, 0.2) is 24.3 Å². The predicted octanol–water partition coefficient (Wildman–Crippen LogP) is 4.53. The van der Waals surface area contributed by atoms with Gasteiger partial charge in [0.25, 0.3) is 0 Å². The average molecular weight is 336 g/mol. The summed E-state index contributed by atoms with van der Waals surface area (Å²) in [7, 11) is 0. The second kappa shape index (κ2) is 11.5. The van der Waals surface area contributed by atoms with Crippen LogP contribution in [0.5, 0.6) is 0 Å². The lowest BCUT2D eigenvalue weighted by Crippen LogP contribution is -2.20. The van der Waals surface area contributed by atoms with Crippen LogP contribution < -0.4 is 0 Å². The van der Waals surface area contributed by atoms with E-state index in [-0.39, 0.29) is 25.3 Å². The molecule has 0 bridgehead atoms. The Hall–Kier alpha value is -2.04. The third kappa shape index (κ3) is 7.49. The number of unbranched alkanes of at least 4 members (excludes halogenated alkanes) is 1. The lowest BCUT2D eigenvalue weighted by molar-refractivity contribution is 0.0158. The number of hydrogen-bond acceptors (Lipinski definition) is 5. The molecule has 0 amide bonds. The van der Waals surface area contributed by atoms with Crippen molar-refractivity contribution in [3.8, 4) is 0 Å². The number of rotatable bonds is 10. The van der Waals surface area contributed by atoms with Gasteiger partial charge in [0.15, 0.2) is 0 Å². The number of hydrogen-bond donors (Lipinski definition) is 0. The van der Waals surface area contributed by atoms with Gasteiger partial charge in [-0.2, -0.15) is 0 Å². The summed E-state index contributed by atoms with van der Waals surface area (Å²) in [4.78, 5) is 23.3. The SMILES string of the molecule is CCCCc1ccc(C(=O)OC(CC)CCOC(=O)OCC)cc1. The molecule has 0 radical (unpaired) electrons. The molecular formula is C19H28O5. The largest absolute Gasteiger partial charge is 0.508 e. The monoisotopic (exact) mass is 336 g/mol. The summed E-state index contributed by atoms with van der Waals surface area (Å²) in [5, 5.41) is 0. The number of esters is 1. The van der Waals surface area contributed by atoms with E-state index in [4.69, 9.17) is 9.47 Å². The quantitative estimate of drug-likeness (QED) is 0.588. The van der Waals surface area contributed by atoms with Crippen molar-refractivity contribution in [2.75, 3.05) is 13.2 Å². The van der Waals surface area contributed by atoms with E-state index in [1.54, 1.807) is 19.1 Å². The van der Waals surface area contributed by atoms with E-state index in [9.17, 15) is 9.59 Å². The van der Waals surface area contributed by atoms with E-state index in [1.165, 1.54) is 5.56 Å². The molecule has 0 saturated carbocycles. The highest BCUT2D eigenvalue weighted by atomic mass is 16.7. The maximum atomic E-state index is 12.2. The lowest BCUT2D eigenvalue weighted by atomic mass is 10.1. The van der Waals surface area contributed by atoms with Gasteiger partial charge in [0.05, 0.1) is 18.8 Å². The molecule has 0 aliphatic carbocycles. The van der Waals surface area contributed by atoms with Crippen molar-refractivity contribution in [2.24, 2.45) is 0 Å². The van der Waals surface area contributed by atoms with Crippen LogP contribution in [0.2, 0.25) is 0 Å². The highest BCUT2D eigenvalue weighted by Crippen LogP contribution is 2.12. The highest BCUT2D eigenvalue weighted by Gasteiger charge is 2.15. The summed E-state index contributed by atoms with van der Waals surface area (Å²) < 4.78 is 15.1. The molecule has 0 N–H and O–H groups in total. The third-order valence-corrected chi connectivity index (χ3v) is 3.66. The molecule has 1 atom stereocenters. The maximum Gasteiger partial charge on any atom is 0.508 e. The van der Waals surface area contributed by atoms with Crippen LogP contribution >= 0.6 is 0 Å². The first kappa shape index (κ1) is 20.0. The van der Waals surface area contributed by atoms with Gasteiger partial charge in [-0.05, 0) is 43.9 Å². The molecule has 0 aliphatic heterocycles. The molecule has 1 unspecified atom stereocenters. The Morgan fingerprint density at radius 1 is 1.04 bits per heavy atom. The summed E-state index contributed by atoms with van der Waals surface area (Å²) in [5.41, 5.74) is 1.77. The molecule has 5 nitrogen and oxygen atoms in total. The number of carbonyl (C=O) groups is 2. The first-order valence-corrected chi connectivity index (χ1v) is 8.70. The number of aryl methyl sites for hydroxylation is 1. The minimum absolute atomic E-state index is 0.167. The van der Waals surface area contributed by atoms with Gasteiger partial charge in [0, 0.05) is 6.42 Å². The zero-order valence-electron chi connectivity index (χ0n) is 14.9. The van der Waals surface area contributed by atoms with Crippen LogP contribution in [0, 0.1) is 0 Å². The van der Waals surface area contributed by atoms with Gasteiger partial charge in [-0.1, -0.05) is 32.4 Å². The standard InChI is InChI=1S/C19H28O5/c1-4-7-8-15-9-11-16(12-10-15)18(20)24-17(5-2)13-14-23-19(21)22-6-3/h9-12,17H,4-8,13-14H2,1-3H3. The Balaban J connectivity index is 2.44. The van der Waals surface area contributed by atoms with Crippen LogP contribution in [0.4, 0.5) is 4.79 Å². The second-order valence-electron chi connectivity index (χ2n) is 5.56. The Morgan fingerprint density at radius 2 is 1.75 bits per heavy atom. The Morgan fingerprint density at radius 3 is 2.33 bits per heavy atom. The molecule has 0 aromatic heterocycles. The van der Waals surface area contributed by atoms with E-state index in [1.807, 2.05) is 19.1 Å². The molecule has 0 saturated heterocycles. The number of carbonyl (C=O) groups excluding carboxylic acids is 2. The van der Waals surface area contributed by atoms with Crippen molar-refractivity contribution in [3.05, 3.63) is 35.4 Å². The summed E-state index contributed by atoms with van der Waals surface area (Å²) in [6, 6.07) is 7.54. The molecule has 0 spiro atoms. The molecule has 5 heteroatoms. The zero-order valence-corrected chi connectivity index (χ0v) is 14.9. The smallest absolute Gasteiger partial charge is 0.459 e. The van der Waals surface area contributed by atoms with Crippen molar-refractivity contribution >= 4 is 12.1 Å². The van der Waals surface area contributed by atoms with Crippen LogP contribution in [-0.2, 0) is 20.6 Å². The van der Waals surface area contributed by atoms with Crippen molar-refractivity contribution in [1.82, 2.24) is 0 Å². The molecule has 1 aromatic carbocycles. The third-order valence-electron chi connectivity index (χ3n) is 3.66. The zero-order chi connectivity index (χ0) is 17.8. The van der Waals surface area contributed by atoms with E-state index < -0.39 is 6.16 Å². The van der Waals surface area contributed by atoms with Crippen LogP contribution in [0.3, 0.4) is 0 Å². The number of ether oxygens (including phenoxy) is 3. The molecule has 0 heterocycles. The predicted molar refractivity (Wildman–Crippen MR) is 92.1 cm³/mol. The van der Waals surface area contributed by atoms with Crippen LogP contribution in [0.25, 0.3) is 0 Å². The average Bonchev–Trinajstić information content (AvgIpc) is 2.59. The molecule has 1 aromatic rings. The Kier molecular flexibility index (Phi) is 9.58. The fraction of sp³-hybridized carbons (Fsp3) is 0.579. The Bertz CT molecular complexity index is 495. The fourth-order valence-electron chi connectivity index (χ4n) is 2.19. The molecule has 1 rings (SSSR count). The van der Waals surface area contributed by atoms with Gasteiger partial charge in [0.2, 0.25) is 0 Å². The second-order valence-corrected chi connectivity index (χ2v) is 5.56. The number of benzene rings is 1. The first-order valence-electron chi connectivity index (χ1n) is 8.70. The molecule has 0 fully saturated rings. The molecule has 134 valence electrons. The normalized spacial score (nSPS) is 11.6. The van der Waals surface area contributed by atoms with Gasteiger partial charge < -0.3 is 14.2 Å². The summed E-state index contributed by atoms with van der Waals surface area (Å²) in [5.74, 6) is -0.347. The Labute approximate surface area is 144 Å². The lowest BCUT2D eigenvalue weighted by Gasteiger charge is -2.16. The minimum atomic E-state index is -0.693. The topological polar surface area (TPSA) is 61.8 Å². The van der Waals surface area contributed by atoms with Gasteiger partial charge in [-0.25, -0.2) is 9.59 Å². The van der Waals surface area contributed by atoms with E-state index >= 15 is 0 Å². The van der Waals surface area contributed by atoms with Gasteiger partial charge >= 0.3 is 12.1 Å². The summed E-state index contributed by atoms with van der Waals surface area (Å²) in [6.45, 7) is 6.24. The van der Waals surface area contributed by atoms with Gasteiger partial charge in [-0.3, -0.25) is 0 Å². The van der Waals surface area contributed by atoms with E-state index in [0.29, 0.717) is 18.4 Å². The molecule has 0 aliphatic rings. The summed E-state index contributed by atoms with van der Waals surface area (Å²) >= 11 is 0. The molecular weight excluding hydrogens is 308 g/mol. The van der Waals surface area contributed by atoms with Crippen LogP contribution in [-0.4, -0.2) is 31.4 Å². The molecule has 24 heavy (non-hydrogen) atoms. The van der Waals surface area contributed by atoms with Gasteiger partial charge in [-0.15, -0.1) is 0 Å². The van der Waals surface area contributed by atoms with Gasteiger partial charge in [0.1, 0.15) is 6.10 Å². The van der Waals surface area contributed by atoms with Crippen LogP contribution in [0.1, 0.15) is 62.4 Å². The van der Waals surface area contributed by atoms with E-state index in [0.717, 1.165) is 19.3 Å².